The van der Waals surface area contributed by atoms with Crippen molar-refractivity contribution in [2.45, 2.75) is 27.2 Å². The molecule has 0 amide bonds. The lowest BCUT2D eigenvalue weighted by Crippen LogP contribution is -1.95. The first-order valence-electron chi connectivity index (χ1n) is 4.65. The van der Waals surface area contributed by atoms with Crippen LogP contribution in [0.3, 0.4) is 0 Å². The third-order valence-electron chi connectivity index (χ3n) is 1.44. The van der Waals surface area contributed by atoms with Crippen LogP contribution in [0.25, 0.3) is 5.65 Å². The SMILES string of the molecule is CCC.Cc1cc(F)c2nccn2n1. The van der Waals surface area contributed by atoms with Crippen molar-refractivity contribution < 1.29 is 4.39 Å². The van der Waals surface area contributed by atoms with Crippen molar-refractivity contribution in [1.29, 1.82) is 0 Å². The van der Waals surface area contributed by atoms with Gasteiger partial charge in [0.25, 0.3) is 0 Å². The average molecular weight is 195 g/mol. The molecule has 0 saturated carbocycles. The van der Waals surface area contributed by atoms with Gasteiger partial charge in [-0.05, 0) is 6.92 Å². The van der Waals surface area contributed by atoms with Crippen LogP contribution in [0.1, 0.15) is 26.0 Å². The summed E-state index contributed by atoms with van der Waals surface area (Å²) in [4.78, 5) is 3.78. The minimum Gasteiger partial charge on any atom is -0.233 e. The van der Waals surface area contributed by atoms with Crippen molar-refractivity contribution in [3.05, 3.63) is 30.0 Å². The molecule has 0 spiro atoms. The van der Waals surface area contributed by atoms with E-state index in [9.17, 15) is 4.39 Å². The lowest BCUT2D eigenvalue weighted by molar-refractivity contribution is 0.619. The van der Waals surface area contributed by atoms with Gasteiger partial charge in [-0.1, -0.05) is 20.3 Å². The minimum absolute atomic E-state index is 0.274. The first-order valence-corrected chi connectivity index (χ1v) is 4.65. The van der Waals surface area contributed by atoms with Crippen LogP contribution in [0.15, 0.2) is 18.5 Å². The molecule has 0 aliphatic carbocycles. The number of imidazole rings is 1. The minimum atomic E-state index is -0.331. The molecule has 0 atom stereocenters. The maximum Gasteiger partial charge on any atom is 0.189 e. The zero-order valence-electron chi connectivity index (χ0n) is 8.66. The fourth-order valence-corrected chi connectivity index (χ4v) is 0.995. The fraction of sp³-hybridized carbons (Fsp3) is 0.400. The van der Waals surface area contributed by atoms with E-state index in [4.69, 9.17) is 0 Å². The Morgan fingerprint density at radius 1 is 1.43 bits per heavy atom. The zero-order valence-corrected chi connectivity index (χ0v) is 8.66. The van der Waals surface area contributed by atoms with Crippen molar-refractivity contribution in [2.75, 3.05) is 0 Å². The second-order valence-electron chi connectivity index (χ2n) is 3.04. The van der Waals surface area contributed by atoms with Gasteiger partial charge in [0.15, 0.2) is 11.5 Å². The van der Waals surface area contributed by atoms with E-state index in [1.165, 1.54) is 23.2 Å². The van der Waals surface area contributed by atoms with E-state index in [1.807, 2.05) is 0 Å². The van der Waals surface area contributed by atoms with Crippen LogP contribution in [0.4, 0.5) is 4.39 Å². The Balaban J connectivity index is 0.000000293. The molecule has 2 aromatic heterocycles. The average Bonchev–Trinajstić information content (AvgIpc) is 2.53. The summed E-state index contributed by atoms with van der Waals surface area (Å²) < 4.78 is 14.4. The molecule has 2 aromatic rings. The molecule has 0 saturated heterocycles. The number of rotatable bonds is 0. The van der Waals surface area contributed by atoms with Crippen LogP contribution in [0.2, 0.25) is 0 Å². The quantitative estimate of drug-likeness (QED) is 0.646. The summed E-state index contributed by atoms with van der Waals surface area (Å²) in [6, 6.07) is 1.36. The summed E-state index contributed by atoms with van der Waals surface area (Å²) in [5, 5.41) is 4.01. The summed E-state index contributed by atoms with van der Waals surface area (Å²) in [6.07, 6.45) is 4.39. The lowest BCUT2D eigenvalue weighted by atomic mass is 10.4. The Kier molecular flexibility index (Phi) is 3.56. The van der Waals surface area contributed by atoms with Gasteiger partial charge >= 0.3 is 0 Å². The van der Waals surface area contributed by atoms with Gasteiger partial charge in [-0.25, -0.2) is 13.9 Å². The topological polar surface area (TPSA) is 30.2 Å². The van der Waals surface area contributed by atoms with E-state index in [1.54, 1.807) is 13.1 Å². The van der Waals surface area contributed by atoms with E-state index < -0.39 is 0 Å². The molecule has 0 bridgehead atoms. The first kappa shape index (κ1) is 10.6. The van der Waals surface area contributed by atoms with Crippen molar-refractivity contribution in [3.8, 4) is 0 Å². The molecular weight excluding hydrogens is 181 g/mol. The molecular formula is C10H14FN3. The fourth-order valence-electron chi connectivity index (χ4n) is 0.995. The van der Waals surface area contributed by atoms with Crippen molar-refractivity contribution in [1.82, 2.24) is 14.6 Å². The number of hydrogen-bond acceptors (Lipinski definition) is 2. The van der Waals surface area contributed by atoms with E-state index >= 15 is 0 Å². The second-order valence-corrected chi connectivity index (χ2v) is 3.04. The van der Waals surface area contributed by atoms with Gasteiger partial charge in [0.1, 0.15) is 0 Å². The second kappa shape index (κ2) is 4.69. The van der Waals surface area contributed by atoms with Crippen LogP contribution < -0.4 is 0 Å². The van der Waals surface area contributed by atoms with Crippen molar-refractivity contribution in [2.24, 2.45) is 0 Å². The molecule has 0 aromatic carbocycles. The number of nitrogens with zero attached hydrogens (tertiary/aromatic N) is 3. The number of aryl methyl sites for hydroxylation is 1. The molecule has 0 radical (unpaired) electrons. The highest BCUT2D eigenvalue weighted by Gasteiger charge is 2.02. The number of halogens is 1. The predicted octanol–water partition coefficient (Wildman–Crippen LogP) is 2.59. The molecule has 2 rings (SSSR count). The summed E-state index contributed by atoms with van der Waals surface area (Å²) in [6.45, 7) is 5.99. The van der Waals surface area contributed by atoms with E-state index in [-0.39, 0.29) is 11.5 Å². The maximum atomic E-state index is 13.0. The number of fused-ring (bicyclic) bond motifs is 1. The molecule has 0 aliphatic heterocycles. The highest BCUT2D eigenvalue weighted by atomic mass is 19.1. The molecule has 76 valence electrons. The molecule has 0 unspecified atom stereocenters. The Morgan fingerprint density at radius 3 is 2.71 bits per heavy atom. The van der Waals surface area contributed by atoms with Gasteiger partial charge in [-0.2, -0.15) is 5.10 Å². The van der Waals surface area contributed by atoms with Crippen molar-refractivity contribution >= 4 is 5.65 Å². The zero-order chi connectivity index (χ0) is 10.6. The van der Waals surface area contributed by atoms with Gasteiger partial charge in [-0.15, -0.1) is 0 Å². The summed E-state index contributed by atoms with van der Waals surface area (Å²) in [7, 11) is 0. The molecule has 3 nitrogen and oxygen atoms in total. The Morgan fingerprint density at radius 2 is 2.07 bits per heavy atom. The smallest absolute Gasteiger partial charge is 0.189 e. The lowest BCUT2D eigenvalue weighted by Gasteiger charge is -1.94. The Hall–Kier alpha value is -1.45. The largest absolute Gasteiger partial charge is 0.233 e. The third kappa shape index (κ3) is 2.28. The van der Waals surface area contributed by atoms with Crippen molar-refractivity contribution in [3.63, 3.8) is 0 Å². The highest BCUT2D eigenvalue weighted by molar-refractivity contribution is 5.38. The predicted molar refractivity (Wildman–Crippen MR) is 53.6 cm³/mol. The van der Waals surface area contributed by atoms with Crippen LogP contribution >= 0.6 is 0 Å². The standard InChI is InChI=1S/C7H6FN3.C3H8/c1-5-4-6(8)7-9-2-3-11(7)10-5;1-3-2/h2-4H,1H3;3H2,1-2H3. The van der Waals surface area contributed by atoms with Crippen LogP contribution in [0.5, 0.6) is 0 Å². The van der Waals surface area contributed by atoms with Gasteiger partial charge in [-0.3, -0.25) is 0 Å². The Labute approximate surface area is 82.6 Å². The van der Waals surface area contributed by atoms with Gasteiger partial charge < -0.3 is 0 Å². The molecule has 2 heterocycles. The van der Waals surface area contributed by atoms with E-state index in [2.05, 4.69) is 23.9 Å². The molecule has 4 heteroatoms. The summed E-state index contributed by atoms with van der Waals surface area (Å²) in [5.74, 6) is -0.331. The molecule has 0 fully saturated rings. The van der Waals surface area contributed by atoms with Gasteiger partial charge in [0.05, 0.1) is 5.69 Å². The highest BCUT2D eigenvalue weighted by Crippen LogP contribution is 2.05. The monoisotopic (exact) mass is 195 g/mol. The maximum absolute atomic E-state index is 13.0. The third-order valence-corrected chi connectivity index (χ3v) is 1.44. The molecule has 0 aliphatic rings. The van der Waals surface area contributed by atoms with Gasteiger partial charge in [0, 0.05) is 18.5 Å². The van der Waals surface area contributed by atoms with Crippen LogP contribution in [-0.4, -0.2) is 14.6 Å². The number of aromatic nitrogens is 3. The first-order chi connectivity index (χ1) is 6.69. The Bertz CT molecular complexity index is 409. The molecule has 0 N–H and O–H groups in total. The molecule has 14 heavy (non-hydrogen) atoms. The van der Waals surface area contributed by atoms with E-state index in [0.29, 0.717) is 5.69 Å². The summed E-state index contributed by atoms with van der Waals surface area (Å²) >= 11 is 0. The van der Waals surface area contributed by atoms with E-state index in [0.717, 1.165) is 0 Å². The van der Waals surface area contributed by atoms with Crippen LogP contribution in [-0.2, 0) is 0 Å². The number of hydrogen-bond donors (Lipinski definition) is 0. The van der Waals surface area contributed by atoms with Crippen LogP contribution in [0, 0.1) is 12.7 Å². The normalized spacial score (nSPS) is 9.71. The van der Waals surface area contributed by atoms with Gasteiger partial charge in [0.2, 0.25) is 0 Å². The summed E-state index contributed by atoms with van der Waals surface area (Å²) in [5.41, 5.74) is 0.920.